The van der Waals surface area contributed by atoms with Crippen LogP contribution < -0.4 is 11.3 Å². The molecule has 0 bridgehead atoms. The van der Waals surface area contributed by atoms with Crippen LogP contribution >= 0.6 is 23.1 Å². The van der Waals surface area contributed by atoms with Gasteiger partial charge in [-0.1, -0.05) is 42.1 Å². The third kappa shape index (κ3) is 2.77. The summed E-state index contributed by atoms with van der Waals surface area (Å²) in [5, 5.41) is 0.688. The molecule has 1 aromatic carbocycles. The Morgan fingerprint density at radius 3 is 2.80 bits per heavy atom. The smallest absolute Gasteiger partial charge is 0.262 e. The highest BCUT2D eigenvalue weighted by Crippen LogP contribution is 2.38. The summed E-state index contributed by atoms with van der Waals surface area (Å²) in [6, 6.07) is 9.34. The lowest BCUT2D eigenvalue weighted by Crippen LogP contribution is -2.23. The third-order valence-corrected chi connectivity index (χ3v) is 6.99. The number of carbonyl (C=O) groups excluding carboxylic acids is 1. The van der Waals surface area contributed by atoms with Crippen LogP contribution in [-0.2, 0) is 24.7 Å². The van der Waals surface area contributed by atoms with Gasteiger partial charge in [0.15, 0.2) is 5.16 Å². The van der Waals surface area contributed by atoms with E-state index in [2.05, 4.69) is 4.98 Å². The zero-order chi connectivity index (χ0) is 17.6. The molecule has 0 radical (unpaired) electrons. The summed E-state index contributed by atoms with van der Waals surface area (Å²) < 4.78 is 1.54. The second-order valence-corrected chi connectivity index (χ2v) is 8.26. The van der Waals surface area contributed by atoms with Gasteiger partial charge in [-0.25, -0.2) is 4.98 Å². The molecule has 4 rings (SSSR count). The lowest BCUT2D eigenvalue weighted by atomic mass is 10.1. The van der Waals surface area contributed by atoms with E-state index in [9.17, 15) is 9.59 Å². The maximum absolute atomic E-state index is 12.9. The van der Waals surface area contributed by atoms with Crippen molar-refractivity contribution in [3.8, 4) is 0 Å². The molecule has 1 amide bonds. The molecule has 1 unspecified atom stereocenters. The van der Waals surface area contributed by atoms with Crippen LogP contribution in [0.5, 0.6) is 0 Å². The SMILES string of the molecule is Cn1c(SC(C(N)=O)c2ccccc2)nc2sc3c(c2c1=O)CCC3. The van der Waals surface area contributed by atoms with E-state index in [4.69, 9.17) is 5.73 Å². The predicted molar refractivity (Wildman–Crippen MR) is 101 cm³/mol. The minimum atomic E-state index is -0.580. The van der Waals surface area contributed by atoms with E-state index in [1.54, 1.807) is 18.4 Å². The standard InChI is InChI=1S/C18H17N3O2S2/c1-21-17(23)13-11-8-5-9-12(11)24-16(13)20-18(21)25-14(15(19)22)10-6-3-2-4-7-10/h2-4,6-7,14H,5,8-9H2,1H3,(H2,19,22). The summed E-state index contributed by atoms with van der Waals surface area (Å²) in [6.45, 7) is 0. The Hall–Kier alpha value is -2.12. The number of aryl methyl sites for hydroxylation is 2. The van der Waals surface area contributed by atoms with Gasteiger partial charge >= 0.3 is 0 Å². The van der Waals surface area contributed by atoms with Crippen LogP contribution in [0.2, 0.25) is 0 Å². The number of rotatable bonds is 4. The Morgan fingerprint density at radius 1 is 1.32 bits per heavy atom. The summed E-state index contributed by atoms with van der Waals surface area (Å²) in [4.78, 5) is 31.6. The minimum absolute atomic E-state index is 0.0387. The monoisotopic (exact) mass is 371 g/mol. The molecule has 0 fully saturated rings. The first-order chi connectivity index (χ1) is 12.1. The fourth-order valence-electron chi connectivity index (χ4n) is 3.23. The van der Waals surface area contributed by atoms with E-state index >= 15 is 0 Å². The van der Waals surface area contributed by atoms with Crippen LogP contribution in [0.4, 0.5) is 0 Å². The number of hydrogen-bond acceptors (Lipinski definition) is 5. The summed E-state index contributed by atoms with van der Waals surface area (Å²) in [5.74, 6) is -0.445. The number of hydrogen-bond donors (Lipinski definition) is 1. The van der Waals surface area contributed by atoms with Crippen LogP contribution in [0, 0.1) is 0 Å². The number of nitrogens with zero attached hydrogens (tertiary/aromatic N) is 2. The van der Waals surface area contributed by atoms with Crippen molar-refractivity contribution in [1.82, 2.24) is 9.55 Å². The van der Waals surface area contributed by atoms with Crippen molar-refractivity contribution >= 4 is 39.2 Å². The fourth-order valence-corrected chi connectivity index (χ4v) is 5.55. The van der Waals surface area contributed by atoms with Gasteiger partial charge in [0.1, 0.15) is 10.1 Å². The second kappa shape index (κ2) is 6.31. The molecule has 5 nitrogen and oxygen atoms in total. The lowest BCUT2D eigenvalue weighted by molar-refractivity contribution is -0.117. The number of amides is 1. The summed E-state index contributed by atoms with van der Waals surface area (Å²) in [6.07, 6.45) is 3.08. The van der Waals surface area contributed by atoms with Crippen molar-refractivity contribution in [2.45, 2.75) is 29.7 Å². The molecule has 2 N–H and O–H groups in total. The maximum atomic E-state index is 12.9. The molecule has 0 aliphatic heterocycles. The van der Waals surface area contributed by atoms with E-state index in [1.165, 1.54) is 26.8 Å². The van der Waals surface area contributed by atoms with Crippen LogP contribution in [-0.4, -0.2) is 15.5 Å². The topological polar surface area (TPSA) is 78.0 Å². The molecule has 0 saturated carbocycles. The average molecular weight is 371 g/mol. The number of fused-ring (bicyclic) bond motifs is 3. The second-order valence-electron chi connectivity index (χ2n) is 6.11. The molecule has 0 spiro atoms. The third-order valence-electron chi connectivity index (χ3n) is 4.49. The molecular weight excluding hydrogens is 354 g/mol. The largest absolute Gasteiger partial charge is 0.368 e. The van der Waals surface area contributed by atoms with Gasteiger partial charge in [-0.15, -0.1) is 11.3 Å². The molecule has 1 aliphatic carbocycles. The predicted octanol–water partition coefficient (Wildman–Crippen LogP) is 2.80. The van der Waals surface area contributed by atoms with Gasteiger partial charge in [0.25, 0.3) is 5.56 Å². The van der Waals surface area contributed by atoms with E-state index in [0.717, 1.165) is 35.0 Å². The van der Waals surface area contributed by atoms with Crippen molar-refractivity contribution in [2.24, 2.45) is 12.8 Å². The van der Waals surface area contributed by atoms with E-state index < -0.39 is 11.2 Å². The van der Waals surface area contributed by atoms with Crippen molar-refractivity contribution in [3.63, 3.8) is 0 Å². The van der Waals surface area contributed by atoms with Crippen LogP contribution in [0.15, 0.2) is 40.3 Å². The quantitative estimate of drug-likeness (QED) is 0.565. The normalized spacial score (nSPS) is 14.6. The molecule has 0 saturated heterocycles. The molecule has 1 aliphatic rings. The zero-order valence-electron chi connectivity index (χ0n) is 13.7. The van der Waals surface area contributed by atoms with Gasteiger partial charge in [-0.2, -0.15) is 0 Å². The van der Waals surface area contributed by atoms with Crippen LogP contribution in [0.25, 0.3) is 10.2 Å². The van der Waals surface area contributed by atoms with Crippen molar-refractivity contribution in [3.05, 3.63) is 56.7 Å². The van der Waals surface area contributed by atoms with Gasteiger partial charge in [-0.05, 0) is 30.4 Å². The number of thioether (sulfide) groups is 1. The summed E-state index contributed by atoms with van der Waals surface area (Å²) in [5.41, 5.74) is 7.54. The molecule has 2 heterocycles. The van der Waals surface area contributed by atoms with Crippen molar-refractivity contribution in [1.29, 1.82) is 0 Å². The average Bonchev–Trinajstić information content (AvgIpc) is 3.17. The molecule has 1 atom stereocenters. The first-order valence-electron chi connectivity index (χ1n) is 8.08. The maximum Gasteiger partial charge on any atom is 0.262 e. The van der Waals surface area contributed by atoms with Crippen molar-refractivity contribution < 1.29 is 4.79 Å². The van der Waals surface area contributed by atoms with E-state index in [-0.39, 0.29) is 5.56 Å². The van der Waals surface area contributed by atoms with Gasteiger partial charge in [0.2, 0.25) is 5.91 Å². The summed E-state index contributed by atoms with van der Waals surface area (Å²) in [7, 11) is 1.71. The number of aromatic nitrogens is 2. The van der Waals surface area contributed by atoms with Gasteiger partial charge < -0.3 is 5.73 Å². The molecule has 3 aromatic rings. The Labute approximate surface area is 152 Å². The minimum Gasteiger partial charge on any atom is -0.368 e. The number of primary amides is 1. The molecule has 2 aromatic heterocycles. The van der Waals surface area contributed by atoms with Crippen LogP contribution in [0.1, 0.15) is 27.7 Å². The fraction of sp³-hybridized carbons (Fsp3) is 0.278. The van der Waals surface area contributed by atoms with Gasteiger partial charge in [-0.3, -0.25) is 14.2 Å². The molecule has 25 heavy (non-hydrogen) atoms. The zero-order valence-corrected chi connectivity index (χ0v) is 15.3. The number of benzene rings is 1. The van der Waals surface area contributed by atoms with E-state index in [0.29, 0.717) is 5.16 Å². The highest BCUT2D eigenvalue weighted by atomic mass is 32.2. The first kappa shape index (κ1) is 16.4. The Balaban J connectivity index is 1.80. The van der Waals surface area contributed by atoms with Crippen LogP contribution in [0.3, 0.4) is 0 Å². The lowest BCUT2D eigenvalue weighted by Gasteiger charge is -2.15. The van der Waals surface area contributed by atoms with Gasteiger partial charge in [0, 0.05) is 11.9 Å². The summed E-state index contributed by atoms with van der Waals surface area (Å²) >= 11 is 2.83. The highest BCUT2D eigenvalue weighted by molar-refractivity contribution is 8.00. The van der Waals surface area contributed by atoms with E-state index in [1.807, 2.05) is 30.3 Å². The first-order valence-corrected chi connectivity index (χ1v) is 9.78. The van der Waals surface area contributed by atoms with Gasteiger partial charge in [0.05, 0.1) is 5.39 Å². The Morgan fingerprint density at radius 2 is 2.08 bits per heavy atom. The molecular formula is C18H17N3O2S2. The number of carbonyl (C=O) groups is 1. The number of nitrogens with two attached hydrogens (primary N) is 1. The van der Waals surface area contributed by atoms with Crippen molar-refractivity contribution in [2.75, 3.05) is 0 Å². The highest BCUT2D eigenvalue weighted by Gasteiger charge is 2.25. The Kier molecular flexibility index (Phi) is 4.13. The Bertz CT molecular complexity index is 1020. The molecule has 7 heteroatoms. The number of thiophene rings is 1. The molecule has 128 valence electrons.